The zero-order chi connectivity index (χ0) is 12.3. The van der Waals surface area contributed by atoms with Crippen molar-refractivity contribution in [3.63, 3.8) is 0 Å². The van der Waals surface area contributed by atoms with Crippen molar-refractivity contribution in [2.75, 3.05) is 11.9 Å². The Kier molecular flexibility index (Phi) is 4.65. The highest BCUT2D eigenvalue weighted by atomic mass is 79.9. The van der Waals surface area contributed by atoms with Gasteiger partial charge in [0.1, 0.15) is 5.82 Å². The topological polar surface area (TPSA) is 50.9 Å². The summed E-state index contributed by atoms with van der Waals surface area (Å²) in [5, 5.41) is 4.01. The number of hydrogen-bond acceptors (Lipinski definition) is 3. The van der Waals surface area contributed by atoms with E-state index in [4.69, 9.17) is 17.3 Å². The zero-order valence-corrected chi connectivity index (χ0v) is 12.0. The minimum Gasteiger partial charge on any atom is -0.365 e. The van der Waals surface area contributed by atoms with Crippen LogP contribution in [0.25, 0.3) is 0 Å². The first-order valence-electron chi connectivity index (χ1n) is 5.98. The van der Waals surface area contributed by atoms with Crippen LogP contribution in [0.3, 0.4) is 0 Å². The molecule has 1 atom stereocenters. The smallest absolute Gasteiger partial charge is 0.145 e. The Morgan fingerprint density at radius 3 is 2.82 bits per heavy atom. The van der Waals surface area contributed by atoms with Crippen LogP contribution >= 0.6 is 27.5 Å². The molecule has 1 aliphatic carbocycles. The summed E-state index contributed by atoms with van der Waals surface area (Å²) in [5.41, 5.74) is 5.84. The molecule has 0 bridgehead atoms. The van der Waals surface area contributed by atoms with E-state index in [0.717, 1.165) is 10.3 Å². The summed E-state index contributed by atoms with van der Waals surface area (Å²) in [6.07, 6.45) is 6.87. The van der Waals surface area contributed by atoms with Crippen LogP contribution in [0.15, 0.2) is 16.7 Å². The van der Waals surface area contributed by atoms with Crippen molar-refractivity contribution in [3.8, 4) is 0 Å². The van der Waals surface area contributed by atoms with Gasteiger partial charge in [0.15, 0.2) is 0 Å². The molecule has 1 aliphatic rings. The summed E-state index contributed by atoms with van der Waals surface area (Å²) in [6.45, 7) is 0.624. The van der Waals surface area contributed by atoms with Crippen LogP contribution in [0.1, 0.15) is 25.7 Å². The van der Waals surface area contributed by atoms with Crippen molar-refractivity contribution < 1.29 is 0 Å². The predicted octanol–water partition coefficient (Wildman–Crippen LogP) is 3.43. The summed E-state index contributed by atoms with van der Waals surface area (Å²) in [7, 11) is 0. The molecular weight excluding hydrogens is 302 g/mol. The summed E-state index contributed by atoms with van der Waals surface area (Å²) < 4.78 is 0.887. The van der Waals surface area contributed by atoms with E-state index >= 15 is 0 Å². The van der Waals surface area contributed by atoms with Gasteiger partial charge in [-0.1, -0.05) is 24.4 Å². The second-order valence-corrected chi connectivity index (χ2v) is 5.84. The van der Waals surface area contributed by atoms with Crippen LogP contribution in [0.5, 0.6) is 0 Å². The Labute approximate surface area is 115 Å². The maximum absolute atomic E-state index is 6.14. The number of pyridine rings is 1. The van der Waals surface area contributed by atoms with Gasteiger partial charge in [-0.25, -0.2) is 4.98 Å². The second kappa shape index (κ2) is 6.03. The van der Waals surface area contributed by atoms with Gasteiger partial charge in [-0.3, -0.25) is 0 Å². The third-order valence-electron chi connectivity index (χ3n) is 3.35. The van der Waals surface area contributed by atoms with Gasteiger partial charge in [0, 0.05) is 23.3 Å². The van der Waals surface area contributed by atoms with E-state index in [2.05, 4.69) is 26.2 Å². The lowest BCUT2D eigenvalue weighted by atomic mass is 9.98. The monoisotopic (exact) mass is 317 g/mol. The highest BCUT2D eigenvalue weighted by molar-refractivity contribution is 9.10. The Morgan fingerprint density at radius 1 is 1.53 bits per heavy atom. The fraction of sp³-hybridized carbons (Fsp3) is 0.583. The number of nitrogens with one attached hydrogen (secondary N) is 1. The lowest BCUT2D eigenvalue weighted by molar-refractivity contribution is 0.461. The van der Waals surface area contributed by atoms with Crippen LogP contribution in [-0.4, -0.2) is 17.6 Å². The van der Waals surface area contributed by atoms with Crippen molar-refractivity contribution in [1.29, 1.82) is 0 Å². The molecule has 0 aromatic carbocycles. The molecule has 1 fully saturated rings. The standard InChI is InChI=1S/C12H17BrClN3/c13-9-5-10(14)12(16-7-9)17-11(6-15)8-3-1-2-4-8/h5,7-8,11H,1-4,6,15H2,(H,16,17). The fourth-order valence-corrected chi connectivity index (χ4v) is 3.11. The molecule has 0 spiro atoms. The lowest BCUT2D eigenvalue weighted by Crippen LogP contribution is -2.35. The van der Waals surface area contributed by atoms with E-state index in [9.17, 15) is 0 Å². The summed E-state index contributed by atoms with van der Waals surface area (Å²) in [5.74, 6) is 1.39. The fourth-order valence-electron chi connectivity index (χ4n) is 2.43. The first kappa shape index (κ1) is 13.1. The van der Waals surface area contributed by atoms with Gasteiger partial charge in [0.2, 0.25) is 0 Å². The molecule has 1 saturated carbocycles. The summed E-state index contributed by atoms with van der Waals surface area (Å²) in [4.78, 5) is 4.29. The van der Waals surface area contributed by atoms with Gasteiger partial charge in [-0.15, -0.1) is 0 Å². The molecule has 17 heavy (non-hydrogen) atoms. The highest BCUT2D eigenvalue weighted by Gasteiger charge is 2.24. The Morgan fingerprint density at radius 2 is 2.24 bits per heavy atom. The quantitative estimate of drug-likeness (QED) is 0.894. The van der Waals surface area contributed by atoms with E-state index in [1.54, 1.807) is 6.20 Å². The van der Waals surface area contributed by atoms with Crippen molar-refractivity contribution in [1.82, 2.24) is 4.98 Å². The van der Waals surface area contributed by atoms with Gasteiger partial charge in [0.25, 0.3) is 0 Å². The molecule has 5 heteroatoms. The van der Waals surface area contributed by atoms with Gasteiger partial charge >= 0.3 is 0 Å². The molecule has 0 aliphatic heterocycles. The van der Waals surface area contributed by atoms with Crippen LogP contribution < -0.4 is 11.1 Å². The minimum absolute atomic E-state index is 0.281. The van der Waals surface area contributed by atoms with Gasteiger partial charge in [-0.05, 0) is 40.8 Å². The maximum atomic E-state index is 6.14. The number of nitrogens with zero attached hydrogens (tertiary/aromatic N) is 1. The zero-order valence-electron chi connectivity index (χ0n) is 9.63. The molecule has 1 heterocycles. The number of nitrogens with two attached hydrogens (primary N) is 1. The molecule has 0 amide bonds. The van der Waals surface area contributed by atoms with Crippen molar-refractivity contribution in [3.05, 3.63) is 21.8 Å². The number of hydrogen-bond donors (Lipinski definition) is 2. The average molecular weight is 319 g/mol. The third kappa shape index (κ3) is 3.33. The van der Waals surface area contributed by atoms with Crippen LogP contribution in [0.2, 0.25) is 5.02 Å². The number of halogens is 2. The van der Waals surface area contributed by atoms with E-state index in [1.807, 2.05) is 6.07 Å². The summed E-state index contributed by atoms with van der Waals surface area (Å²) in [6, 6.07) is 2.13. The molecule has 0 radical (unpaired) electrons. The lowest BCUT2D eigenvalue weighted by Gasteiger charge is -2.24. The number of anilines is 1. The van der Waals surface area contributed by atoms with Gasteiger partial charge < -0.3 is 11.1 Å². The normalized spacial score (nSPS) is 18.3. The molecule has 3 nitrogen and oxygen atoms in total. The van der Waals surface area contributed by atoms with E-state index in [0.29, 0.717) is 17.5 Å². The van der Waals surface area contributed by atoms with Crippen molar-refractivity contribution in [2.45, 2.75) is 31.7 Å². The summed E-state index contributed by atoms with van der Waals surface area (Å²) >= 11 is 9.49. The minimum atomic E-state index is 0.281. The molecular formula is C12H17BrClN3. The molecule has 2 rings (SSSR count). The highest BCUT2D eigenvalue weighted by Crippen LogP contribution is 2.30. The number of rotatable bonds is 4. The molecule has 0 saturated heterocycles. The first-order chi connectivity index (χ1) is 8.20. The van der Waals surface area contributed by atoms with Crippen LogP contribution in [0.4, 0.5) is 5.82 Å². The predicted molar refractivity (Wildman–Crippen MR) is 75.4 cm³/mol. The Bertz CT molecular complexity index is 380. The second-order valence-electron chi connectivity index (χ2n) is 4.52. The Hall–Kier alpha value is -0.320. The largest absolute Gasteiger partial charge is 0.365 e. The van der Waals surface area contributed by atoms with Gasteiger partial charge in [0.05, 0.1) is 5.02 Å². The van der Waals surface area contributed by atoms with E-state index in [1.165, 1.54) is 25.7 Å². The molecule has 94 valence electrons. The molecule has 1 aromatic heterocycles. The average Bonchev–Trinajstić information content (AvgIpc) is 2.81. The van der Waals surface area contributed by atoms with Crippen molar-refractivity contribution >= 4 is 33.3 Å². The van der Waals surface area contributed by atoms with E-state index in [-0.39, 0.29) is 6.04 Å². The van der Waals surface area contributed by atoms with E-state index < -0.39 is 0 Å². The third-order valence-corrected chi connectivity index (χ3v) is 4.07. The maximum Gasteiger partial charge on any atom is 0.145 e. The van der Waals surface area contributed by atoms with Crippen LogP contribution in [0, 0.1) is 5.92 Å². The Balaban J connectivity index is 2.06. The first-order valence-corrected chi connectivity index (χ1v) is 7.15. The SMILES string of the molecule is NCC(Nc1ncc(Br)cc1Cl)C1CCCC1. The van der Waals surface area contributed by atoms with Gasteiger partial charge in [-0.2, -0.15) is 0 Å². The molecule has 1 unspecified atom stereocenters. The molecule has 3 N–H and O–H groups in total. The molecule has 1 aromatic rings. The number of aromatic nitrogens is 1. The van der Waals surface area contributed by atoms with Crippen LogP contribution in [-0.2, 0) is 0 Å². The van der Waals surface area contributed by atoms with Crippen molar-refractivity contribution in [2.24, 2.45) is 11.7 Å².